The molecule has 1 aromatic carbocycles. The number of ether oxygens (including phenoxy) is 2. The number of carbonyl (C=O) groups excluding carboxylic acids is 1. The van der Waals surface area contributed by atoms with Gasteiger partial charge in [0.05, 0.1) is 5.69 Å². The molecule has 1 amide bonds. The Balaban J connectivity index is 2.36. The van der Waals surface area contributed by atoms with Gasteiger partial charge in [-0.1, -0.05) is 12.1 Å². The molecule has 25 heavy (non-hydrogen) atoms. The predicted octanol–water partition coefficient (Wildman–Crippen LogP) is 4.99. The maximum absolute atomic E-state index is 12.6. The number of alkyl halides is 3. The molecular formula is C17H17F3N2O3. The van der Waals surface area contributed by atoms with Crippen LogP contribution in [0.1, 0.15) is 20.8 Å². The van der Waals surface area contributed by atoms with Crippen LogP contribution < -0.4 is 10.1 Å². The van der Waals surface area contributed by atoms with E-state index >= 15 is 0 Å². The molecule has 2 aromatic rings. The molecule has 5 nitrogen and oxygen atoms in total. The van der Waals surface area contributed by atoms with Gasteiger partial charge in [0.25, 0.3) is 0 Å². The largest absolute Gasteiger partial charge is 0.573 e. The molecule has 134 valence electrons. The molecule has 0 fully saturated rings. The predicted molar refractivity (Wildman–Crippen MR) is 86.2 cm³/mol. The quantitative estimate of drug-likeness (QED) is 0.843. The van der Waals surface area contributed by atoms with E-state index in [1.807, 2.05) is 0 Å². The van der Waals surface area contributed by atoms with Crippen LogP contribution in [0.15, 0.2) is 42.7 Å². The van der Waals surface area contributed by atoms with E-state index in [0.29, 0.717) is 11.1 Å². The van der Waals surface area contributed by atoms with E-state index < -0.39 is 23.8 Å². The van der Waals surface area contributed by atoms with Crippen LogP contribution in [-0.4, -0.2) is 23.0 Å². The van der Waals surface area contributed by atoms with Gasteiger partial charge in [0.2, 0.25) is 0 Å². The topological polar surface area (TPSA) is 60.5 Å². The standard InChI is InChI=1S/C17H17F3N2O3/c1-16(2,3)25-15(23)22-13-9-11(12-5-4-8-21-10-12)6-7-14(13)24-17(18,19)20/h4-10H,1-3H3,(H,22,23). The molecule has 0 radical (unpaired) electrons. The molecule has 0 unspecified atom stereocenters. The molecule has 2 rings (SSSR count). The number of halogens is 3. The van der Waals surface area contributed by atoms with Crippen molar-refractivity contribution in [1.82, 2.24) is 4.98 Å². The maximum atomic E-state index is 12.6. The number of anilines is 1. The number of hydrogen-bond donors (Lipinski definition) is 1. The second-order valence-electron chi connectivity index (χ2n) is 6.13. The fourth-order valence-electron chi connectivity index (χ4n) is 1.97. The second-order valence-corrected chi connectivity index (χ2v) is 6.13. The fraction of sp³-hybridized carbons (Fsp3) is 0.294. The van der Waals surface area contributed by atoms with E-state index in [4.69, 9.17) is 4.74 Å². The molecule has 0 saturated heterocycles. The van der Waals surface area contributed by atoms with Crippen molar-refractivity contribution in [3.05, 3.63) is 42.7 Å². The Morgan fingerprint density at radius 1 is 1.12 bits per heavy atom. The van der Waals surface area contributed by atoms with Crippen LogP contribution in [-0.2, 0) is 4.74 Å². The monoisotopic (exact) mass is 354 g/mol. The van der Waals surface area contributed by atoms with Gasteiger partial charge in [-0.05, 0) is 44.5 Å². The minimum atomic E-state index is -4.89. The molecule has 8 heteroatoms. The molecule has 1 aromatic heterocycles. The molecule has 1 N–H and O–H groups in total. The number of benzene rings is 1. The SMILES string of the molecule is CC(C)(C)OC(=O)Nc1cc(-c2cccnc2)ccc1OC(F)(F)F. The van der Waals surface area contributed by atoms with E-state index in [1.165, 1.54) is 12.1 Å². The zero-order valence-electron chi connectivity index (χ0n) is 13.8. The Morgan fingerprint density at radius 3 is 2.40 bits per heavy atom. The fourth-order valence-corrected chi connectivity index (χ4v) is 1.97. The molecule has 1 heterocycles. The molecule has 0 bridgehead atoms. The molecule has 0 spiro atoms. The lowest BCUT2D eigenvalue weighted by molar-refractivity contribution is -0.274. The number of rotatable bonds is 3. The average molecular weight is 354 g/mol. The summed E-state index contributed by atoms with van der Waals surface area (Å²) in [6.07, 6.45) is -2.65. The number of aromatic nitrogens is 1. The average Bonchev–Trinajstić information content (AvgIpc) is 2.46. The van der Waals surface area contributed by atoms with Crippen LogP contribution in [0.4, 0.5) is 23.7 Å². The first-order chi connectivity index (χ1) is 11.5. The van der Waals surface area contributed by atoms with Crippen molar-refractivity contribution in [1.29, 1.82) is 0 Å². The van der Waals surface area contributed by atoms with Gasteiger partial charge in [-0.25, -0.2) is 4.79 Å². The summed E-state index contributed by atoms with van der Waals surface area (Å²) in [5.41, 5.74) is 0.283. The van der Waals surface area contributed by atoms with Gasteiger partial charge in [-0.15, -0.1) is 13.2 Å². The minimum Gasteiger partial charge on any atom is -0.444 e. The van der Waals surface area contributed by atoms with E-state index in [1.54, 1.807) is 45.3 Å². The number of carbonyl (C=O) groups is 1. The van der Waals surface area contributed by atoms with Gasteiger partial charge in [0.15, 0.2) is 5.75 Å². The molecule has 0 aliphatic heterocycles. The normalized spacial score (nSPS) is 11.8. The number of nitrogens with one attached hydrogen (secondary N) is 1. The minimum absolute atomic E-state index is 0.159. The lowest BCUT2D eigenvalue weighted by atomic mass is 10.1. The van der Waals surface area contributed by atoms with E-state index in [9.17, 15) is 18.0 Å². The third kappa shape index (κ3) is 5.98. The number of nitrogens with zero attached hydrogens (tertiary/aromatic N) is 1. The highest BCUT2D eigenvalue weighted by atomic mass is 19.4. The van der Waals surface area contributed by atoms with Crippen LogP contribution in [0.2, 0.25) is 0 Å². The highest BCUT2D eigenvalue weighted by Crippen LogP contribution is 2.34. The smallest absolute Gasteiger partial charge is 0.444 e. The number of pyridine rings is 1. The lowest BCUT2D eigenvalue weighted by Gasteiger charge is -2.21. The summed E-state index contributed by atoms with van der Waals surface area (Å²) < 4.78 is 46.8. The van der Waals surface area contributed by atoms with Crippen molar-refractivity contribution in [2.45, 2.75) is 32.7 Å². The van der Waals surface area contributed by atoms with Gasteiger partial charge in [0.1, 0.15) is 5.60 Å². The Labute approximate surface area is 142 Å². The summed E-state index contributed by atoms with van der Waals surface area (Å²) in [5.74, 6) is -0.536. The van der Waals surface area contributed by atoms with Gasteiger partial charge in [0, 0.05) is 18.0 Å². The molecule has 0 aliphatic rings. The van der Waals surface area contributed by atoms with Crippen molar-refractivity contribution in [2.24, 2.45) is 0 Å². The molecular weight excluding hydrogens is 337 g/mol. The van der Waals surface area contributed by atoms with Gasteiger partial charge in [-0.2, -0.15) is 0 Å². The highest BCUT2D eigenvalue weighted by Gasteiger charge is 2.32. The third-order valence-corrected chi connectivity index (χ3v) is 2.84. The van der Waals surface area contributed by atoms with Crippen LogP contribution in [0.25, 0.3) is 11.1 Å². The van der Waals surface area contributed by atoms with Crippen molar-refractivity contribution in [2.75, 3.05) is 5.32 Å². The van der Waals surface area contributed by atoms with Crippen molar-refractivity contribution in [3.8, 4) is 16.9 Å². The summed E-state index contributed by atoms with van der Waals surface area (Å²) in [7, 11) is 0. The van der Waals surface area contributed by atoms with Gasteiger partial charge in [-0.3, -0.25) is 10.3 Å². The molecule has 0 saturated carbocycles. The first kappa shape index (κ1) is 18.6. The summed E-state index contributed by atoms with van der Waals surface area (Å²) in [5, 5.41) is 2.29. The summed E-state index contributed by atoms with van der Waals surface area (Å²) in [4.78, 5) is 15.9. The molecule has 0 aliphatic carbocycles. The molecule has 0 atom stereocenters. The van der Waals surface area contributed by atoms with E-state index in [2.05, 4.69) is 15.0 Å². The van der Waals surface area contributed by atoms with E-state index in [0.717, 1.165) is 6.07 Å². The van der Waals surface area contributed by atoms with Crippen LogP contribution in [0.3, 0.4) is 0 Å². The van der Waals surface area contributed by atoms with Crippen LogP contribution in [0, 0.1) is 0 Å². The van der Waals surface area contributed by atoms with Crippen LogP contribution in [0.5, 0.6) is 5.75 Å². The third-order valence-electron chi connectivity index (χ3n) is 2.84. The summed E-state index contributed by atoms with van der Waals surface area (Å²) in [6, 6.07) is 7.36. The van der Waals surface area contributed by atoms with Crippen LogP contribution >= 0.6 is 0 Å². The zero-order chi connectivity index (χ0) is 18.7. The summed E-state index contributed by atoms with van der Waals surface area (Å²) >= 11 is 0. The number of hydrogen-bond acceptors (Lipinski definition) is 4. The maximum Gasteiger partial charge on any atom is 0.573 e. The Kier molecular flexibility index (Phi) is 5.20. The lowest BCUT2D eigenvalue weighted by Crippen LogP contribution is -2.27. The Bertz CT molecular complexity index is 741. The zero-order valence-corrected chi connectivity index (χ0v) is 13.8. The Morgan fingerprint density at radius 2 is 1.84 bits per heavy atom. The highest BCUT2D eigenvalue weighted by molar-refractivity contribution is 5.88. The van der Waals surface area contributed by atoms with Crippen molar-refractivity contribution < 1.29 is 27.4 Å². The first-order valence-corrected chi connectivity index (χ1v) is 7.34. The van der Waals surface area contributed by atoms with Gasteiger partial charge >= 0.3 is 12.5 Å². The summed E-state index contributed by atoms with van der Waals surface area (Å²) in [6.45, 7) is 4.93. The van der Waals surface area contributed by atoms with Crippen molar-refractivity contribution >= 4 is 11.8 Å². The van der Waals surface area contributed by atoms with Crippen molar-refractivity contribution in [3.63, 3.8) is 0 Å². The number of amides is 1. The second kappa shape index (κ2) is 7.00. The van der Waals surface area contributed by atoms with E-state index in [-0.39, 0.29) is 5.69 Å². The van der Waals surface area contributed by atoms with Gasteiger partial charge < -0.3 is 9.47 Å². The Hall–Kier alpha value is -2.77. The first-order valence-electron chi connectivity index (χ1n) is 7.34.